The first-order valence-corrected chi connectivity index (χ1v) is 14.2. The van der Waals surface area contributed by atoms with Crippen LogP contribution in [0.5, 0.6) is 5.75 Å². The van der Waals surface area contributed by atoms with Gasteiger partial charge in [0, 0.05) is 49.6 Å². The van der Waals surface area contributed by atoms with Crippen molar-refractivity contribution in [2.45, 2.75) is 51.9 Å². The van der Waals surface area contributed by atoms with Gasteiger partial charge in [-0.15, -0.1) is 11.3 Å². The second-order valence-corrected chi connectivity index (χ2v) is 11.2. The maximum atomic E-state index is 11.1. The number of piperidine rings is 2. The molecule has 2 fully saturated rings. The molecule has 0 bridgehead atoms. The lowest BCUT2D eigenvalue weighted by Crippen LogP contribution is -2.35. The first-order valence-electron chi connectivity index (χ1n) is 13.3. The van der Waals surface area contributed by atoms with Crippen molar-refractivity contribution in [1.82, 2.24) is 9.88 Å². The molecule has 0 amide bonds. The molecule has 7 nitrogen and oxygen atoms in total. The number of aliphatic hydroxyl groups excluding tert-OH is 1. The number of nitrogens with zero attached hydrogens (tertiary/aromatic N) is 4. The van der Waals surface area contributed by atoms with Crippen molar-refractivity contribution in [3.05, 3.63) is 64.0 Å². The van der Waals surface area contributed by atoms with Gasteiger partial charge in [0.1, 0.15) is 18.6 Å². The number of nitriles is 1. The van der Waals surface area contributed by atoms with E-state index < -0.39 is 0 Å². The summed E-state index contributed by atoms with van der Waals surface area (Å²) in [6.45, 7) is 6.95. The lowest BCUT2D eigenvalue weighted by molar-refractivity contribution is -0.111. The highest BCUT2D eigenvalue weighted by atomic mass is 32.1. The smallest absolute Gasteiger partial charge is 0.185 e. The van der Waals surface area contributed by atoms with E-state index in [1.54, 1.807) is 17.4 Å². The summed E-state index contributed by atoms with van der Waals surface area (Å²) in [5.41, 5.74) is 5.76. The molecular formula is C30H34N4O3S. The molecule has 8 heteroatoms. The quantitative estimate of drug-likeness (QED) is 0.413. The SMILES string of the molecule is Cc1cc(CN2CCC(O)CC2)ccc1COc1ccc(C#N)cc1-c1csc(N2CCC(C=O)CC2)n1. The topological polar surface area (TPSA) is 89.7 Å². The predicted octanol–water partition coefficient (Wildman–Crippen LogP) is 4.94. The zero-order valence-electron chi connectivity index (χ0n) is 21.8. The average Bonchev–Trinajstić information content (AvgIpc) is 3.44. The van der Waals surface area contributed by atoms with Gasteiger partial charge in [-0.1, -0.05) is 18.2 Å². The second kappa shape index (κ2) is 12.1. The van der Waals surface area contributed by atoms with E-state index in [4.69, 9.17) is 9.72 Å². The molecule has 38 heavy (non-hydrogen) atoms. The maximum Gasteiger partial charge on any atom is 0.185 e. The fourth-order valence-corrected chi connectivity index (χ4v) is 6.07. The number of hydrogen-bond donors (Lipinski definition) is 1. The number of likely N-dealkylation sites (tertiary alicyclic amines) is 1. The van der Waals surface area contributed by atoms with E-state index in [0.29, 0.717) is 17.9 Å². The minimum atomic E-state index is -0.156. The van der Waals surface area contributed by atoms with Gasteiger partial charge in [0.2, 0.25) is 0 Å². The van der Waals surface area contributed by atoms with E-state index in [2.05, 4.69) is 41.0 Å². The first kappa shape index (κ1) is 26.4. The highest BCUT2D eigenvalue weighted by Crippen LogP contribution is 2.36. The van der Waals surface area contributed by atoms with E-state index in [0.717, 1.165) is 86.6 Å². The van der Waals surface area contributed by atoms with Crippen molar-refractivity contribution in [3.8, 4) is 23.1 Å². The number of aliphatic hydroxyl groups is 1. The van der Waals surface area contributed by atoms with Crippen molar-refractivity contribution in [1.29, 1.82) is 5.26 Å². The number of aryl methyl sites for hydroxylation is 1. The minimum absolute atomic E-state index is 0.148. The Morgan fingerprint density at radius 1 is 1.13 bits per heavy atom. The van der Waals surface area contributed by atoms with Crippen LogP contribution < -0.4 is 9.64 Å². The van der Waals surface area contributed by atoms with Crippen molar-refractivity contribution >= 4 is 22.8 Å². The third-order valence-corrected chi connectivity index (χ3v) is 8.53. The first-order chi connectivity index (χ1) is 18.5. The van der Waals surface area contributed by atoms with E-state index in [1.165, 1.54) is 11.1 Å². The Bertz CT molecular complexity index is 1300. The number of anilines is 1. The number of carbonyl (C=O) groups excluding carboxylic acids is 1. The number of rotatable bonds is 8. The standard InChI is InChI=1S/C30H34N4O3S/c1-21-14-24(17-33-10-8-26(36)9-11-33)2-4-25(21)19-37-29-5-3-23(16-31)15-27(29)28-20-38-30(32-28)34-12-6-22(18-35)7-13-34/h2-5,14-15,18,20,22,26,36H,6-13,17,19H2,1H3. The summed E-state index contributed by atoms with van der Waals surface area (Å²) in [4.78, 5) is 20.6. The van der Waals surface area contributed by atoms with Gasteiger partial charge >= 0.3 is 0 Å². The van der Waals surface area contributed by atoms with E-state index in [1.807, 2.05) is 17.5 Å². The summed E-state index contributed by atoms with van der Waals surface area (Å²) in [5.74, 6) is 0.852. The average molecular weight is 531 g/mol. The molecule has 198 valence electrons. The molecule has 3 heterocycles. The summed E-state index contributed by atoms with van der Waals surface area (Å²) < 4.78 is 6.31. The van der Waals surface area contributed by atoms with E-state index in [9.17, 15) is 15.2 Å². The number of thiazole rings is 1. The largest absolute Gasteiger partial charge is 0.488 e. The molecule has 0 atom stereocenters. The predicted molar refractivity (Wildman–Crippen MR) is 149 cm³/mol. The minimum Gasteiger partial charge on any atom is -0.488 e. The van der Waals surface area contributed by atoms with Crippen molar-refractivity contribution in [2.24, 2.45) is 5.92 Å². The van der Waals surface area contributed by atoms with Gasteiger partial charge in [-0.2, -0.15) is 5.26 Å². The summed E-state index contributed by atoms with van der Waals surface area (Å²) in [6.07, 6.45) is 4.31. The summed E-state index contributed by atoms with van der Waals surface area (Å²) in [5, 5.41) is 22.2. The van der Waals surface area contributed by atoms with Crippen LogP contribution >= 0.6 is 11.3 Å². The van der Waals surface area contributed by atoms with Crippen LogP contribution in [0, 0.1) is 24.2 Å². The fourth-order valence-electron chi connectivity index (χ4n) is 5.20. The Labute approximate surface area is 228 Å². The molecule has 0 saturated carbocycles. The number of ether oxygens (including phenoxy) is 1. The second-order valence-electron chi connectivity index (χ2n) is 10.4. The van der Waals surface area contributed by atoms with E-state index in [-0.39, 0.29) is 12.0 Å². The zero-order valence-corrected chi connectivity index (χ0v) is 22.6. The molecule has 5 rings (SSSR count). The highest BCUT2D eigenvalue weighted by molar-refractivity contribution is 7.14. The molecule has 0 aliphatic carbocycles. The maximum absolute atomic E-state index is 11.1. The Balaban J connectivity index is 1.28. The Hall–Kier alpha value is -3.25. The van der Waals surface area contributed by atoms with Crippen molar-refractivity contribution in [3.63, 3.8) is 0 Å². The third-order valence-electron chi connectivity index (χ3n) is 7.63. The number of aromatic nitrogens is 1. The van der Waals surface area contributed by atoms with Gasteiger partial charge < -0.3 is 19.5 Å². The van der Waals surface area contributed by atoms with Crippen LogP contribution in [0.4, 0.5) is 5.13 Å². The lowest BCUT2D eigenvalue weighted by Gasteiger charge is -2.29. The van der Waals surface area contributed by atoms with Crippen LogP contribution in [0.3, 0.4) is 0 Å². The van der Waals surface area contributed by atoms with E-state index >= 15 is 0 Å². The fraction of sp³-hybridized carbons (Fsp3) is 0.433. The van der Waals surface area contributed by atoms with Gasteiger partial charge in [-0.05, 0) is 67.5 Å². The monoisotopic (exact) mass is 530 g/mol. The van der Waals surface area contributed by atoms with Crippen LogP contribution in [0.1, 0.15) is 47.9 Å². The molecule has 1 N–H and O–H groups in total. The van der Waals surface area contributed by atoms with Gasteiger partial charge in [0.15, 0.2) is 5.13 Å². The molecule has 3 aromatic rings. The summed E-state index contributed by atoms with van der Waals surface area (Å²) in [7, 11) is 0. The lowest BCUT2D eigenvalue weighted by atomic mass is 9.99. The molecule has 2 saturated heterocycles. The van der Waals surface area contributed by atoms with Gasteiger partial charge in [0.25, 0.3) is 0 Å². The number of benzene rings is 2. The van der Waals surface area contributed by atoms with Crippen LogP contribution in [-0.4, -0.2) is 53.6 Å². The Morgan fingerprint density at radius 2 is 1.92 bits per heavy atom. The molecule has 0 spiro atoms. The molecule has 0 radical (unpaired) electrons. The highest BCUT2D eigenvalue weighted by Gasteiger charge is 2.22. The molecule has 2 aromatic carbocycles. The third kappa shape index (κ3) is 6.24. The van der Waals surface area contributed by atoms with Gasteiger partial charge in [-0.25, -0.2) is 4.98 Å². The molecular weight excluding hydrogens is 496 g/mol. The number of hydrogen-bond acceptors (Lipinski definition) is 8. The molecule has 2 aliphatic rings. The van der Waals surface area contributed by atoms with Crippen LogP contribution in [-0.2, 0) is 17.9 Å². The van der Waals surface area contributed by atoms with Gasteiger partial charge in [0.05, 0.1) is 23.4 Å². The number of carbonyl (C=O) groups is 1. The number of aldehydes is 1. The Morgan fingerprint density at radius 3 is 2.63 bits per heavy atom. The molecule has 2 aliphatic heterocycles. The molecule has 1 aromatic heterocycles. The van der Waals surface area contributed by atoms with Crippen molar-refractivity contribution in [2.75, 3.05) is 31.1 Å². The van der Waals surface area contributed by atoms with Gasteiger partial charge in [-0.3, -0.25) is 4.90 Å². The van der Waals surface area contributed by atoms with Crippen LogP contribution in [0.15, 0.2) is 41.8 Å². The van der Waals surface area contributed by atoms with Crippen LogP contribution in [0.25, 0.3) is 11.3 Å². The Kier molecular flexibility index (Phi) is 8.38. The zero-order chi connectivity index (χ0) is 26.5. The normalized spacial score (nSPS) is 17.3. The van der Waals surface area contributed by atoms with Crippen molar-refractivity contribution < 1.29 is 14.6 Å². The summed E-state index contributed by atoms with van der Waals surface area (Å²) >= 11 is 1.58. The van der Waals surface area contributed by atoms with Crippen LogP contribution in [0.2, 0.25) is 0 Å². The summed E-state index contributed by atoms with van der Waals surface area (Å²) in [6, 6.07) is 14.2. The molecule has 0 unspecified atom stereocenters.